The molecule has 0 aliphatic carbocycles. The SMILES string of the molecule is COC(=O)N1CCc2c(c(C(=O)O)nn2-c2ccc(Br)cc2)C1. The number of rotatable bonds is 2. The number of nitrogens with zero attached hydrogens (tertiary/aromatic N) is 3. The molecule has 0 atom stereocenters. The number of carbonyl (C=O) groups is 2. The fourth-order valence-electron chi connectivity index (χ4n) is 2.67. The first-order chi connectivity index (χ1) is 11.0. The number of methoxy groups -OCH3 is 1. The minimum absolute atomic E-state index is 0.0310. The molecule has 8 heteroatoms. The van der Waals surface area contributed by atoms with Gasteiger partial charge in [0.25, 0.3) is 0 Å². The lowest BCUT2D eigenvalue weighted by Crippen LogP contribution is -2.36. The number of ether oxygens (including phenoxy) is 1. The number of aromatic carboxylic acids is 1. The van der Waals surface area contributed by atoms with E-state index in [1.807, 2.05) is 24.3 Å². The lowest BCUT2D eigenvalue weighted by Gasteiger charge is -2.26. The average molecular weight is 380 g/mol. The molecular formula is C15H14BrN3O4. The molecule has 23 heavy (non-hydrogen) atoms. The van der Waals surface area contributed by atoms with Crippen molar-refractivity contribution in [2.45, 2.75) is 13.0 Å². The molecule has 1 aliphatic rings. The number of carboxylic acid groups (broad SMARTS) is 1. The Morgan fingerprint density at radius 1 is 1.30 bits per heavy atom. The van der Waals surface area contributed by atoms with E-state index in [2.05, 4.69) is 21.0 Å². The Morgan fingerprint density at radius 2 is 2.00 bits per heavy atom. The van der Waals surface area contributed by atoms with E-state index in [-0.39, 0.29) is 12.2 Å². The van der Waals surface area contributed by atoms with E-state index >= 15 is 0 Å². The highest BCUT2D eigenvalue weighted by molar-refractivity contribution is 9.10. The minimum Gasteiger partial charge on any atom is -0.476 e. The van der Waals surface area contributed by atoms with Crippen molar-refractivity contribution < 1.29 is 19.4 Å². The van der Waals surface area contributed by atoms with Gasteiger partial charge in [-0.3, -0.25) is 0 Å². The fourth-order valence-corrected chi connectivity index (χ4v) is 2.94. The second-order valence-electron chi connectivity index (χ2n) is 5.11. The van der Waals surface area contributed by atoms with Crippen LogP contribution in [0.15, 0.2) is 28.7 Å². The molecule has 1 amide bonds. The van der Waals surface area contributed by atoms with Crippen molar-refractivity contribution >= 4 is 28.0 Å². The van der Waals surface area contributed by atoms with Gasteiger partial charge in [0.2, 0.25) is 0 Å². The maximum absolute atomic E-state index is 11.7. The van der Waals surface area contributed by atoms with Crippen molar-refractivity contribution in [2.24, 2.45) is 0 Å². The lowest BCUT2D eigenvalue weighted by atomic mass is 10.1. The standard InChI is InChI=1S/C15H14BrN3O4/c1-23-15(22)18-7-6-12-11(8-18)13(14(20)21)17-19(12)10-4-2-9(16)3-5-10/h2-5H,6-8H2,1H3,(H,20,21). The molecule has 3 rings (SSSR count). The number of amides is 1. The quantitative estimate of drug-likeness (QED) is 0.865. The molecular weight excluding hydrogens is 366 g/mol. The number of halogens is 1. The zero-order chi connectivity index (χ0) is 16.6. The Hall–Kier alpha value is -2.35. The van der Waals surface area contributed by atoms with Gasteiger partial charge in [-0.1, -0.05) is 15.9 Å². The first-order valence-electron chi connectivity index (χ1n) is 6.94. The van der Waals surface area contributed by atoms with Gasteiger partial charge in [0.05, 0.1) is 25.0 Å². The molecule has 1 N–H and O–H groups in total. The molecule has 0 saturated carbocycles. The number of hydrogen-bond donors (Lipinski definition) is 1. The summed E-state index contributed by atoms with van der Waals surface area (Å²) in [7, 11) is 1.31. The molecule has 0 spiro atoms. The Morgan fingerprint density at radius 3 is 2.61 bits per heavy atom. The summed E-state index contributed by atoms with van der Waals surface area (Å²) in [4.78, 5) is 24.7. The molecule has 7 nitrogen and oxygen atoms in total. The monoisotopic (exact) mass is 379 g/mol. The highest BCUT2D eigenvalue weighted by Crippen LogP contribution is 2.26. The predicted octanol–water partition coefficient (Wildman–Crippen LogP) is 2.46. The topological polar surface area (TPSA) is 84.7 Å². The van der Waals surface area contributed by atoms with Gasteiger partial charge in [-0.2, -0.15) is 5.10 Å². The largest absolute Gasteiger partial charge is 0.476 e. The second kappa shape index (κ2) is 6.04. The summed E-state index contributed by atoms with van der Waals surface area (Å²) in [5, 5.41) is 13.6. The van der Waals surface area contributed by atoms with Crippen LogP contribution in [-0.4, -0.2) is 45.5 Å². The maximum Gasteiger partial charge on any atom is 0.409 e. The summed E-state index contributed by atoms with van der Waals surface area (Å²) in [6.45, 7) is 0.640. The summed E-state index contributed by atoms with van der Waals surface area (Å²) in [5.74, 6) is -1.11. The number of benzene rings is 1. The molecule has 1 aliphatic heterocycles. The summed E-state index contributed by atoms with van der Waals surface area (Å²) >= 11 is 3.37. The van der Waals surface area contributed by atoms with Gasteiger partial charge >= 0.3 is 12.1 Å². The van der Waals surface area contributed by atoms with Gasteiger partial charge in [-0.05, 0) is 24.3 Å². The van der Waals surface area contributed by atoms with E-state index in [4.69, 9.17) is 4.74 Å². The third-order valence-electron chi connectivity index (χ3n) is 3.76. The maximum atomic E-state index is 11.7. The Bertz CT molecular complexity index is 770. The Kier molecular flexibility index (Phi) is 4.08. The molecule has 1 aromatic heterocycles. The number of aromatic nitrogens is 2. The predicted molar refractivity (Wildman–Crippen MR) is 84.7 cm³/mol. The van der Waals surface area contributed by atoms with Crippen LogP contribution >= 0.6 is 15.9 Å². The number of hydrogen-bond acceptors (Lipinski definition) is 4. The van der Waals surface area contributed by atoms with Crippen LogP contribution in [-0.2, 0) is 17.7 Å². The van der Waals surface area contributed by atoms with E-state index < -0.39 is 12.1 Å². The first kappa shape index (κ1) is 15.5. The van der Waals surface area contributed by atoms with E-state index in [0.29, 0.717) is 18.5 Å². The second-order valence-corrected chi connectivity index (χ2v) is 6.02. The van der Waals surface area contributed by atoms with Gasteiger partial charge in [0, 0.05) is 23.0 Å². The van der Waals surface area contributed by atoms with Crippen LogP contribution in [0, 0.1) is 0 Å². The molecule has 0 saturated heterocycles. The number of carboxylic acids is 1. The zero-order valence-corrected chi connectivity index (χ0v) is 13.9. The van der Waals surface area contributed by atoms with E-state index in [1.165, 1.54) is 12.0 Å². The van der Waals surface area contributed by atoms with Crippen molar-refractivity contribution in [3.05, 3.63) is 45.7 Å². The first-order valence-corrected chi connectivity index (χ1v) is 7.73. The van der Waals surface area contributed by atoms with Crippen LogP contribution in [0.1, 0.15) is 21.7 Å². The Balaban J connectivity index is 2.06. The van der Waals surface area contributed by atoms with Gasteiger partial charge < -0.3 is 14.7 Å². The zero-order valence-electron chi connectivity index (χ0n) is 12.3. The summed E-state index contributed by atoms with van der Waals surface area (Å²) in [6, 6.07) is 7.45. The van der Waals surface area contributed by atoms with Crippen molar-refractivity contribution in [2.75, 3.05) is 13.7 Å². The molecule has 0 unspecified atom stereocenters. The normalized spacial score (nSPS) is 13.6. The Labute approximate surface area is 140 Å². The van der Waals surface area contributed by atoms with Gasteiger partial charge in [-0.15, -0.1) is 0 Å². The molecule has 2 aromatic rings. The highest BCUT2D eigenvalue weighted by atomic mass is 79.9. The average Bonchev–Trinajstić information content (AvgIpc) is 2.93. The van der Waals surface area contributed by atoms with Gasteiger partial charge in [0.15, 0.2) is 5.69 Å². The number of carbonyl (C=O) groups excluding carboxylic acids is 1. The van der Waals surface area contributed by atoms with Crippen LogP contribution < -0.4 is 0 Å². The van der Waals surface area contributed by atoms with Crippen LogP contribution in [0.2, 0.25) is 0 Å². The highest BCUT2D eigenvalue weighted by Gasteiger charge is 2.30. The van der Waals surface area contributed by atoms with Crippen LogP contribution in [0.4, 0.5) is 4.79 Å². The summed E-state index contributed by atoms with van der Waals surface area (Å²) in [5.41, 5.74) is 2.11. The smallest absolute Gasteiger partial charge is 0.409 e. The summed E-state index contributed by atoms with van der Waals surface area (Å²) < 4.78 is 7.28. The molecule has 120 valence electrons. The van der Waals surface area contributed by atoms with Crippen molar-refractivity contribution in [3.63, 3.8) is 0 Å². The van der Waals surface area contributed by atoms with Crippen LogP contribution in [0.3, 0.4) is 0 Å². The molecule has 0 fully saturated rings. The van der Waals surface area contributed by atoms with Crippen molar-refractivity contribution in [3.8, 4) is 5.69 Å². The summed E-state index contributed by atoms with van der Waals surface area (Å²) in [6.07, 6.45) is 0.0456. The fraction of sp³-hybridized carbons (Fsp3) is 0.267. The molecule has 0 radical (unpaired) electrons. The molecule has 1 aromatic carbocycles. The van der Waals surface area contributed by atoms with E-state index in [9.17, 15) is 14.7 Å². The van der Waals surface area contributed by atoms with Gasteiger partial charge in [0.1, 0.15) is 0 Å². The van der Waals surface area contributed by atoms with Crippen molar-refractivity contribution in [1.29, 1.82) is 0 Å². The molecule has 2 heterocycles. The van der Waals surface area contributed by atoms with Crippen LogP contribution in [0.25, 0.3) is 5.69 Å². The van der Waals surface area contributed by atoms with Gasteiger partial charge in [-0.25, -0.2) is 14.3 Å². The van der Waals surface area contributed by atoms with Crippen molar-refractivity contribution in [1.82, 2.24) is 14.7 Å². The van der Waals surface area contributed by atoms with E-state index in [1.54, 1.807) is 4.68 Å². The third-order valence-corrected chi connectivity index (χ3v) is 4.29. The van der Waals surface area contributed by atoms with Crippen LogP contribution in [0.5, 0.6) is 0 Å². The third kappa shape index (κ3) is 2.81. The number of fused-ring (bicyclic) bond motifs is 1. The minimum atomic E-state index is -1.11. The molecule has 0 bridgehead atoms. The lowest BCUT2D eigenvalue weighted by molar-refractivity contribution is 0.0685. The van der Waals surface area contributed by atoms with E-state index in [0.717, 1.165) is 15.9 Å².